The van der Waals surface area contributed by atoms with Crippen LogP contribution in [0.2, 0.25) is 0 Å². The van der Waals surface area contributed by atoms with Gasteiger partial charge in [0.05, 0.1) is 0 Å². The molecule has 1 aromatic rings. The standard InChI is InChI=1S/C14H20BrNO3/c1-14(2,3)12(8-9-16-13(17)18)19-11-6-4-10(15)5-7-11/h4-7,12,16H,8-9H2,1-3H3,(H,17,18). The number of amides is 1. The van der Waals surface area contributed by atoms with E-state index in [0.29, 0.717) is 13.0 Å². The predicted octanol–water partition coefficient (Wildman–Crippen LogP) is 3.90. The second-order valence-electron chi connectivity index (χ2n) is 5.45. The lowest BCUT2D eigenvalue weighted by atomic mass is 9.87. The minimum absolute atomic E-state index is 0.0551. The SMILES string of the molecule is CC(C)(C)C(CCNC(=O)O)Oc1ccc(Br)cc1. The summed E-state index contributed by atoms with van der Waals surface area (Å²) in [5.41, 5.74) is -0.0622. The molecule has 0 aliphatic rings. The quantitative estimate of drug-likeness (QED) is 0.861. The largest absolute Gasteiger partial charge is 0.490 e. The van der Waals surface area contributed by atoms with Crippen molar-refractivity contribution in [2.75, 3.05) is 6.54 Å². The molecule has 0 spiro atoms. The van der Waals surface area contributed by atoms with Gasteiger partial charge in [0, 0.05) is 17.4 Å². The van der Waals surface area contributed by atoms with Crippen LogP contribution in [0.25, 0.3) is 0 Å². The van der Waals surface area contributed by atoms with Crippen molar-refractivity contribution in [1.82, 2.24) is 5.32 Å². The smallest absolute Gasteiger partial charge is 0.404 e. The van der Waals surface area contributed by atoms with Crippen LogP contribution in [0.4, 0.5) is 4.79 Å². The van der Waals surface area contributed by atoms with Crippen molar-refractivity contribution in [3.8, 4) is 5.75 Å². The Morgan fingerprint density at radius 3 is 2.42 bits per heavy atom. The number of carbonyl (C=O) groups is 1. The molecular weight excluding hydrogens is 310 g/mol. The fourth-order valence-electron chi connectivity index (χ4n) is 1.66. The average Bonchev–Trinajstić information content (AvgIpc) is 2.28. The van der Waals surface area contributed by atoms with Crippen molar-refractivity contribution in [2.24, 2.45) is 5.41 Å². The summed E-state index contributed by atoms with van der Waals surface area (Å²) in [5.74, 6) is 0.790. The first-order valence-electron chi connectivity index (χ1n) is 6.18. The summed E-state index contributed by atoms with van der Waals surface area (Å²) in [7, 11) is 0. The Morgan fingerprint density at radius 1 is 1.37 bits per heavy atom. The van der Waals surface area contributed by atoms with Crippen LogP contribution in [-0.2, 0) is 0 Å². The Hall–Kier alpha value is -1.23. The lowest BCUT2D eigenvalue weighted by Gasteiger charge is -2.31. The Bertz CT molecular complexity index is 412. The molecule has 4 nitrogen and oxygen atoms in total. The maximum absolute atomic E-state index is 10.5. The van der Waals surface area contributed by atoms with Gasteiger partial charge in [0.1, 0.15) is 11.9 Å². The number of hydrogen-bond acceptors (Lipinski definition) is 2. The molecule has 0 aliphatic carbocycles. The van der Waals surface area contributed by atoms with Crippen LogP contribution < -0.4 is 10.1 Å². The van der Waals surface area contributed by atoms with E-state index >= 15 is 0 Å². The van der Waals surface area contributed by atoms with Gasteiger partial charge in [0.2, 0.25) is 0 Å². The van der Waals surface area contributed by atoms with Gasteiger partial charge in [-0.15, -0.1) is 0 Å². The van der Waals surface area contributed by atoms with Crippen molar-refractivity contribution in [2.45, 2.75) is 33.3 Å². The molecule has 106 valence electrons. The molecule has 19 heavy (non-hydrogen) atoms. The van der Waals surface area contributed by atoms with Gasteiger partial charge in [0.15, 0.2) is 0 Å². The molecule has 0 bridgehead atoms. The summed E-state index contributed by atoms with van der Waals surface area (Å²) in [5, 5.41) is 11.0. The minimum Gasteiger partial charge on any atom is -0.490 e. The molecule has 0 saturated heterocycles. The molecule has 2 N–H and O–H groups in total. The number of hydrogen-bond donors (Lipinski definition) is 2. The number of halogens is 1. The van der Waals surface area contributed by atoms with Gasteiger partial charge in [-0.1, -0.05) is 36.7 Å². The highest BCUT2D eigenvalue weighted by molar-refractivity contribution is 9.10. The van der Waals surface area contributed by atoms with Gasteiger partial charge in [-0.05, 0) is 29.7 Å². The van der Waals surface area contributed by atoms with E-state index in [4.69, 9.17) is 9.84 Å². The zero-order valence-electron chi connectivity index (χ0n) is 11.4. The third-order valence-corrected chi connectivity index (χ3v) is 3.27. The third kappa shape index (κ3) is 5.96. The molecule has 1 aromatic carbocycles. The number of nitrogens with one attached hydrogen (secondary N) is 1. The zero-order valence-corrected chi connectivity index (χ0v) is 13.0. The number of ether oxygens (including phenoxy) is 1. The van der Waals surface area contributed by atoms with Crippen LogP contribution in [0.15, 0.2) is 28.7 Å². The molecular formula is C14H20BrNO3. The van der Waals surface area contributed by atoms with E-state index in [2.05, 4.69) is 42.0 Å². The summed E-state index contributed by atoms with van der Waals surface area (Å²) in [6.45, 7) is 6.62. The number of rotatable bonds is 5. The van der Waals surface area contributed by atoms with Crippen molar-refractivity contribution in [1.29, 1.82) is 0 Å². The van der Waals surface area contributed by atoms with Gasteiger partial charge >= 0.3 is 6.09 Å². The Kier molecular flexibility index (Phi) is 5.66. The van der Waals surface area contributed by atoms with E-state index < -0.39 is 6.09 Å². The highest BCUT2D eigenvalue weighted by Crippen LogP contribution is 2.27. The first kappa shape index (κ1) is 15.8. The van der Waals surface area contributed by atoms with Crippen LogP contribution in [0.1, 0.15) is 27.2 Å². The molecule has 0 aromatic heterocycles. The van der Waals surface area contributed by atoms with Crippen LogP contribution in [-0.4, -0.2) is 23.8 Å². The maximum Gasteiger partial charge on any atom is 0.404 e. The zero-order chi connectivity index (χ0) is 14.5. The van der Waals surface area contributed by atoms with E-state index in [1.165, 1.54) is 0 Å². The highest BCUT2D eigenvalue weighted by atomic mass is 79.9. The van der Waals surface area contributed by atoms with Gasteiger partial charge in [0.25, 0.3) is 0 Å². The Balaban J connectivity index is 2.64. The monoisotopic (exact) mass is 329 g/mol. The van der Waals surface area contributed by atoms with E-state index in [1.807, 2.05) is 24.3 Å². The van der Waals surface area contributed by atoms with Crippen molar-refractivity contribution >= 4 is 22.0 Å². The molecule has 1 amide bonds. The highest BCUT2D eigenvalue weighted by Gasteiger charge is 2.26. The van der Waals surface area contributed by atoms with E-state index in [-0.39, 0.29) is 11.5 Å². The first-order valence-corrected chi connectivity index (χ1v) is 6.97. The average molecular weight is 330 g/mol. The molecule has 0 fully saturated rings. The lowest BCUT2D eigenvalue weighted by molar-refractivity contribution is 0.0787. The van der Waals surface area contributed by atoms with Crippen LogP contribution in [0, 0.1) is 5.41 Å². The first-order chi connectivity index (χ1) is 8.79. The topological polar surface area (TPSA) is 58.6 Å². The predicted molar refractivity (Wildman–Crippen MR) is 78.7 cm³/mol. The van der Waals surface area contributed by atoms with Crippen LogP contribution in [0.5, 0.6) is 5.75 Å². The molecule has 1 unspecified atom stereocenters. The van der Waals surface area contributed by atoms with Crippen molar-refractivity contribution in [3.05, 3.63) is 28.7 Å². The molecule has 5 heteroatoms. The maximum atomic E-state index is 10.5. The molecule has 1 atom stereocenters. The molecule has 1 rings (SSSR count). The molecule has 0 heterocycles. The third-order valence-electron chi connectivity index (χ3n) is 2.74. The summed E-state index contributed by atoms with van der Waals surface area (Å²) in [6.07, 6.45) is -0.428. The van der Waals surface area contributed by atoms with Crippen LogP contribution >= 0.6 is 15.9 Å². The van der Waals surface area contributed by atoms with Gasteiger partial charge in [-0.3, -0.25) is 0 Å². The van der Waals surface area contributed by atoms with E-state index in [1.54, 1.807) is 0 Å². The molecule has 0 saturated carbocycles. The lowest BCUT2D eigenvalue weighted by Crippen LogP contribution is -2.36. The second kappa shape index (κ2) is 6.80. The summed E-state index contributed by atoms with van der Waals surface area (Å²) >= 11 is 3.38. The number of carboxylic acid groups (broad SMARTS) is 1. The molecule has 0 aliphatic heterocycles. The minimum atomic E-state index is -1.00. The summed E-state index contributed by atoms with van der Waals surface area (Å²) in [6, 6.07) is 7.63. The van der Waals surface area contributed by atoms with E-state index in [9.17, 15) is 4.79 Å². The second-order valence-corrected chi connectivity index (χ2v) is 6.36. The van der Waals surface area contributed by atoms with Gasteiger partial charge < -0.3 is 15.2 Å². The summed E-state index contributed by atoms with van der Waals surface area (Å²) in [4.78, 5) is 10.5. The van der Waals surface area contributed by atoms with Gasteiger partial charge in [-0.25, -0.2) is 4.79 Å². The summed E-state index contributed by atoms with van der Waals surface area (Å²) < 4.78 is 6.96. The fourth-order valence-corrected chi connectivity index (χ4v) is 1.92. The van der Waals surface area contributed by atoms with Crippen molar-refractivity contribution < 1.29 is 14.6 Å². The normalized spacial score (nSPS) is 12.8. The van der Waals surface area contributed by atoms with Crippen LogP contribution in [0.3, 0.4) is 0 Å². The van der Waals surface area contributed by atoms with E-state index in [0.717, 1.165) is 10.2 Å². The Labute approximate surface area is 122 Å². The van der Waals surface area contributed by atoms with Gasteiger partial charge in [-0.2, -0.15) is 0 Å². The Morgan fingerprint density at radius 2 is 1.95 bits per heavy atom. The van der Waals surface area contributed by atoms with Crippen molar-refractivity contribution in [3.63, 3.8) is 0 Å². The fraction of sp³-hybridized carbons (Fsp3) is 0.500. The molecule has 0 radical (unpaired) electrons. The number of benzene rings is 1.